The van der Waals surface area contributed by atoms with Crippen molar-refractivity contribution in [2.45, 2.75) is 27.7 Å². The van der Waals surface area contributed by atoms with E-state index in [9.17, 15) is 9.59 Å². The highest BCUT2D eigenvalue weighted by Crippen LogP contribution is 2.32. The van der Waals surface area contributed by atoms with Gasteiger partial charge in [0, 0.05) is 11.4 Å². The van der Waals surface area contributed by atoms with Gasteiger partial charge in [-0.25, -0.2) is 0 Å². The number of para-hydroxylation sites is 2. The van der Waals surface area contributed by atoms with Gasteiger partial charge in [0.05, 0.1) is 22.1 Å². The molecule has 1 aliphatic heterocycles. The molecular weight excluding hydrogens is 514 g/mol. The topological polar surface area (TPSA) is 45.6 Å². The van der Waals surface area contributed by atoms with Crippen LogP contribution in [0.1, 0.15) is 28.1 Å². The van der Waals surface area contributed by atoms with E-state index < -0.39 is 11.8 Å². The van der Waals surface area contributed by atoms with Gasteiger partial charge in [-0.3, -0.25) is 19.4 Å². The lowest BCUT2D eigenvalue weighted by Gasteiger charge is -2.36. The second-order valence-corrected chi connectivity index (χ2v) is 10.1. The number of hydrogen-bond acceptors (Lipinski definition) is 3. The molecule has 2 heterocycles. The second kappa shape index (κ2) is 10.0. The summed E-state index contributed by atoms with van der Waals surface area (Å²) >= 11 is 12.2. The molecule has 3 aromatic carbocycles. The van der Waals surface area contributed by atoms with E-state index in [1.807, 2.05) is 99.0 Å². The van der Waals surface area contributed by atoms with E-state index in [0.29, 0.717) is 16.4 Å². The number of anilines is 2. The van der Waals surface area contributed by atoms with Crippen LogP contribution in [-0.2, 0) is 9.59 Å². The number of rotatable bonds is 4. The number of nitrogens with zero attached hydrogens (tertiary/aromatic N) is 3. The van der Waals surface area contributed by atoms with Crippen LogP contribution < -0.4 is 9.80 Å². The normalized spacial score (nSPS) is 15.1. The van der Waals surface area contributed by atoms with Gasteiger partial charge in [-0.15, -0.1) is 0 Å². The Bertz CT molecular complexity index is 1640. The third kappa shape index (κ3) is 4.36. The standard InChI is InChI=1S/C31H26ClN3O2S/c1-19-14-15-25(16-20(19)2)35-30(37)26(29(36)34(31(35)38)24-10-6-5-7-11-24)18-23-17-21(3)33(22(23)4)28-13-9-8-12-27(28)32/h5-18H,1-4H3/b26-18-. The summed E-state index contributed by atoms with van der Waals surface area (Å²) in [5, 5.41) is 0.730. The highest BCUT2D eigenvalue weighted by atomic mass is 35.5. The number of benzene rings is 3. The summed E-state index contributed by atoms with van der Waals surface area (Å²) in [6.07, 6.45) is 1.66. The summed E-state index contributed by atoms with van der Waals surface area (Å²) < 4.78 is 2.02. The minimum atomic E-state index is -0.464. The Labute approximate surface area is 232 Å². The first-order valence-electron chi connectivity index (χ1n) is 12.2. The lowest BCUT2D eigenvalue weighted by atomic mass is 10.0. The SMILES string of the molecule is Cc1ccc(N2C(=O)/C(=C\c3cc(C)n(-c4ccccc4Cl)c3C)C(=O)N(c3ccccc3)C2=S)cc1C. The molecule has 0 unspecified atom stereocenters. The number of halogens is 1. The van der Waals surface area contributed by atoms with Gasteiger partial charge in [0.25, 0.3) is 11.8 Å². The molecule has 2 amide bonds. The van der Waals surface area contributed by atoms with Gasteiger partial charge in [-0.05, 0) is 105 Å². The Kier molecular flexibility index (Phi) is 6.78. The molecule has 0 saturated carbocycles. The van der Waals surface area contributed by atoms with Crippen molar-refractivity contribution < 1.29 is 9.59 Å². The molecule has 1 fully saturated rings. The lowest BCUT2D eigenvalue weighted by molar-refractivity contribution is -0.120. The highest BCUT2D eigenvalue weighted by Gasteiger charge is 2.41. The van der Waals surface area contributed by atoms with Crippen LogP contribution in [0.3, 0.4) is 0 Å². The predicted molar refractivity (Wildman–Crippen MR) is 158 cm³/mol. The Morgan fingerprint density at radius 3 is 2.03 bits per heavy atom. The van der Waals surface area contributed by atoms with Crippen LogP contribution in [0.4, 0.5) is 11.4 Å². The molecule has 1 aliphatic rings. The Morgan fingerprint density at radius 2 is 1.37 bits per heavy atom. The molecule has 0 aliphatic carbocycles. The van der Waals surface area contributed by atoms with Crippen LogP contribution in [0, 0.1) is 27.7 Å². The van der Waals surface area contributed by atoms with Crippen LogP contribution in [-0.4, -0.2) is 21.5 Å². The van der Waals surface area contributed by atoms with E-state index in [1.165, 1.54) is 9.80 Å². The van der Waals surface area contributed by atoms with Crippen molar-refractivity contribution >= 4 is 58.2 Å². The quantitative estimate of drug-likeness (QED) is 0.158. The minimum Gasteiger partial charge on any atom is -0.316 e. The van der Waals surface area contributed by atoms with E-state index >= 15 is 0 Å². The zero-order chi connectivity index (χ0) is 27.1. The number of carbonyl (C=O) groups is 2. The summed E-state index contributed by atoms with van der Waals surface area (Å²) in [7, 11) is 0. The number of carbonyl (C=O) groups excluding carboxylic acids is 2. The molecule has 0 atom stereocenters. The van der Waals surface area contributed by atoms with Crippen LogP contribution >= 0.6 is 23.8 Å². The van der Waals surface area contributed by atoms with Gasteiger partial charge < -0.3 is 4.57 Å². The maximum Gasteiger partial charge on any atom is 0.270 e. The maximum atomic E-state index is 13.9. The van der Waals surface area contributed by atoms with Crippen LogP contribution in [0.5, 0.6) is 0 Å². The summed E-state index contributed by atoms with van der Waals surface area (Å²) in [5.41, 5.74) is 6.73. The number of hydrogen-bond donors (Lipinski definition) is 0. The molecule has 4 aromatic rings. The van der Waals surface area contributed by atoms with Crippen molar-refractivity contribution in [2.24, 2.45) is 0 Å². The van der Waals surface area contributed by atoms with Gasteiger partial charge in [0.15, 0.2) is 5.11 Å². The summed E-state index contributed by atoms with van der Waals surface area (Å²) in [4.78, 5) is 30.7. The summed E-state index contributed by atoms with van der Waals surface area (Å²) in [6, 6.07) is 24.4. The summed E-state index contributed by atoms with van der Waals surface area (Å²) in [6.45, 7) is 7.91. The molecule has 190 valence electrons. The van der Waals surface area contributed by atoms with Crippen LogP contribution in [0.2, 0.25) is 5.02 Å². The third-order valence-electron chi connectivity index (χ3n) is 6.88. The zero-order valence-corrected chi connectivity index (χ0v) is 23.1. The molecule has 38 heavy (non-hydrogen) atoms. The lowest BCUT2D eigenvalue weighted by Crippen LogP contribution is -2.57. The minimum absolute atomic E-state index is 0.0279. The summed E-state index contributed by atoms with van der Waals surface area (Å²) in [5.74, 6) is -0.924. The van der Waals surface area contributed by atoms with Gasteiger partial charge in [-0.1, -0.05) is 48.0 Å². The largest absolute Gasteiger partial charge is 0.316 e. The number of thiocarbonyl (C=S) groups is 1. The van der Waals surface area contributed by atoms with Crippen LogP contribution in [0.15, 0.2) is 84.4 Å². The van der Waals surface area contributed by atoms with Crippen molar-refractivity contribution in [1.82, 2.24) is 4.57 Å². The van der Waals surface area contributed by atoms with Crippen molar-refractivity contribution in [3.05, 3.63) is 118 Å². The number of amides is 2. The molecule has 0 bridgehead atoms. The fourth-order valence-electron chi connectivity index (χ4n) is 4.72. The van der Waals surface area contributed by atoms with E-state index in [4.69, 9.17) is 23.8 Å². The van der Waals surface area contributed by atoms with Gasteiger partial charge in [0.1, 0.15) is 5.57 Å². The van der Waals surface area contributed by atoms with E-state index in [-0.39, 0.29) is 10.7 Å². The first-order valence-corrected chi connectivity index (χ1v) is 13.0. The smallest absolute Gasteiger partial charge is 0.270 e. The van der Waals surface area contributed by atoms with Gasteiger partial charge in [0.2, 0.25) is 0 Å². The number of aromatic nitrogens is 1. The van der Waals surface area contributed by atoms with Gasteiger partial charge >= 0.3 is 0 Å². The Hall–Kier alpha value is -4.00. The molecule has 1 saturated heterocycles. The fourth-order valence-corrected chi connectivity index (χ4v) is 5.32. The molecule has 0 spiro atoms. The molecule has 1 aromatic heterocycles. The Morgan fingerprint density at radius 1 is 0.737 bits per heavy atom. The monoisotopic (exact) mass is 539 g/mol. The first-order chi connectivity index (χ1) is 18.2. The second-order valence-electron chi connectivity index (χ2n) is 9.34. The molecule has 0 radical (unpaired) electrons. The first kappa shape index (κ1) is 25.6. The van der Waals surface area contributed by atoms with Crippen molar-refractivity contribution in [3.8, 4) is 5.69 Å². The zero-order valence-electron chi connectivity index (χ0n) is 21.5. The number of aryl methyl sites for hydroxylation is 3. The molecule has 5 nitrogen and oxygen atoms in total. The molecule has 5 rings (SSSR count). The molecular formula is C31H26ClN3O2S. The third-order valence-corrected chi connectivity index (χ3v) is 7.56. The Balaban J connectivity index is 1.68. The van der Waals surface area contributed by atoms with E-state index in [2.05, 4.69) is 0 Å². The van der Waals surface area contributed by atoms with Crippen LogP contribution in [0.25, 0.3) is 11.8 Å². The van der Waals surface area contributed by atoms with Gasteiger partial charge in [-0.2, -0.15) is 0 Å². The average Bonchev–Trinajstić information content (AvgIpc) is 3.17. The maximum absolute atomic E-state index is 13.9. The van der Waals surface area contributed by atoms with Crippen molar-refractivity contribution in [1.29, 1.82) is 0 Å². The molecule has 7 heteroatoms. The van der Waals surface area contributed by atoms with Crippen molar-refractivity contribution in [3.63, 3.8) is 0 Å². The van der Waals surface area contributed by atoms with Crippen molar-refractivity contribution in [2.75, 3.05) is 9.80 Å². The predicted octanol–water partition coefficient (Wildman–Crippen LogP) is 7.11. The fraction of sp³-hybridized carbons (Fsp3) is 0.129. The van der Waals surface area contributed by atoms with E-state index in [0.717, 1.165) is 33.8 Å². The highest BCUT2D eigenvalue weighted by molar-refractivity contribution is 7.81. The average molecular weight is 540 g/mol. The van der Waals surface area contributed by atoms with E-state index in [1.54, 1.807) is 18.2 Å². The molecule has 0 N–H and O–H groups in total.